The van der Waals surface area contributed by atoms with Crippen LogP contribution in [0.5, 0.6) is 0 Å². The van der Waals surface area contributed by atoms with Crippen molar-refractivity contribution in [3.05, 3.63) is 52.5 Å². The normalized spacial score (nSPS) is 14.7. The number of furan rings is 1. The average molecular weight is 357 g/mol. The highest BCUT2D eigenvalue weighted by atomic mass is 32.1. The molecule has 0 radical (unpaired) electrons. The summed E-state index contributed by atoms with van der Waals surface area (Å²) < 4.78 is 10.4. The molecule has 1 aliphatic rings. The summed E-state index contributed by atoms with van der Waals surface area (Å²) in [5.41, 5.74) is 0.240. The maximum atomic E-state index is 12.6. The van der Waals surface area contributed by atoms with Crippen LogP contribution in [0.1, 0.15) is 20.2 Å². The zero-order chi connectivity index (χ0) is 17.2. The molecule has 0 spiro atoms. The fourth-order valence-electron chi connectivity index (χ4n) is 2.74. The van der Waals surface area contributed by atoms with Crippen LogP contribution in [-0.4, -0.2) is 52.9 Å². The first kappa shape index (κ1) is 15.6. The second-order valence-corrected chi connectivity index (χ2v) is 6.56. The van der Waals surface area contributed by atoms with Crippen molar-refractivity contribution in [3.63, 3.8) is 0 Å². The molecule has 1 aliphatic heterocycles. The molecule has 25 heavy (non-hydrogen) atoms. The van der Waals surface area contributed by atoms with Crippen molar-refractivity contribution in [2.24, 2.45) is 0 Å². The van der Waals surface area contributed by atoms with E-state index >= 15 is 0 Å². The number of thiophene rings is 1. The molecule has 0 atom stereocenters. The van der Waals surface area contributed by atoms with E-state index in [-0.39, 0.29) is 17.5 Å². The summed E-state index contributed by atoms with van der Waals surface area (Å²) in [4.78, 5) is 29.1. The molecule has 1 saturated heterocycles. The Balaban J connectivity index is 1.39. The number of hydrogen-bond acceptors (Lipinski definition) is 6. The molecule has 0 unspecified atom stereocenters. The molecule has 2 amide bonds. The lowest BCUT2D eigenvalue weighted by molar-refractivity contribution is 0.0532. The number of hydrogen-bond donors (Lipinski definition) is 0. The predicted octanol–water partition coefficient (Wildman–Crippen LogP) is 2.59. The fourth-order valence-corrected chi connectivity index (χ4v) is 3.43. The molecule has 8 heteroatoms. The maximum absolute atomic E-state index is 12.6. The molecule has 3 aromatic rings. The second kappa shape index (κ2) is 6.56. The van der Waals surface area contributed by atoms with Crippen molar-refractivity contribution in [1.82, 2.24) is 15.0 Å². The highest BCUT2D eigenvalue weighted by Gasteiger charge is 2.27. The third-order valence-corrected chi connectivity index (χ3v) is 4.94. The van der Waals surface area contributed by atoms with Gasteiger partial charge in [0.1, 0.15) is 0 Å². The fraction of sp³-hybridized carbons (Fsp3) is 0.235. The topological polar surface area (TPSA) is 79.8 Å². The van der Waals surface area contributed by atoms with E-state index in [0.717, 1.165) is 4.88 Å². The first-order chi connectivity index (χ1) is 12.2. The van der Waals surface area contributed by atoms with E-state index < -0.39 is 0 Å². The van der Waals surface area contributed by atoms with Gasteiger partial charge in [0.05, 0.1) is 11.1 Å². The molecule has 0 aliphatic carbocycles. The van der Waals surface area contributed by atoms with Gasteiger partial charge in [0.15, 0.2) is 11.5 Å². The van der Waals surface area contributed by atoms with Crippen LogP contribution in [-0.2, 0) is 0 Å². The van der Waals surface area contributed by atoms with Crippen LogP contribution >= 0.6 is 11.3 Å². The first-order valence-electron chi connectivity index (χ1n) is 7.85. The Bertz CT molecular complexity index is 862. The van der Waals surface area contributed by atoms with Crippen molar-refractivity contribution in [2.45, 2.75) is 0 Å². The summed E-state index contributed by atoms with van der Waals surface area (Å²) in [6.45, 7) is 1.95. The summed E-state index contributed by atoms with van der Waals surface area (Å²) in [7, 11) is 0. The monoisotopic (exact) mass is 357 g/mol. The number of carbonyl (C=O) groups is 2. The van der Waals surface area contributed by atoms with Crippen molar-refractivity contribution in [1.29, 1.82) is 0 Å². The molecule has 128 valence electrons. The summed E-state index contributed by atoms with van der Waals surface area (Å²) in [5.74, 6) is 0.756. The van der Waals surface area contributed by atoms with Gasteiger partial charge in [-0.05, 0) is 23.6 Å². The molecule has 0 N–H and O–H groups in total. The van der Waals surface area contributed by atoms with Gasteiger partial charge in [-0.2, -0.15) is 0 Å². The zero-order valence-corrected chi connectivity index (χ0v) is 14.1. The zero-order valence-electron chi connectivity index (χ0n) is 13.3. The van der Waals surface area contributed by atoms with Gasteiger partial charge in [-0.3, -0.25) is 9.59 Å². The van der Waals surface area contributed by atoms with Crippen molar-refractivity contribution in [2.75, 3.05) is 26.2 Å². The molecule has 0 aromatic carbocycles. The molecular weight excluding hydrogens is 342 g/mol. The lowest BCUT2D eigenvalue weighted by Crippen LogP contribution is -2.50. The molecule has 3 aromatic heterocycles. The summed E-state index contributed by atoms with van der Waals surface area (Å²) in [6, 6.07) is 8.73. The molecule has 0 saturated carbocycles. The van der Waals surface area contributed by atoms with Crippen LogP contribution in [0.3, 0.4) is 0 Å². The quantitative estimate of drug-likeness (QED) is 0.720. The summed E-state index contributed by atoms with van der Waals surface area (Å²) >= 11 is 1.43. The first-order valence-corrected chi connectivity index (χ1v) is 8.73. The Labute approximate surface area is 147 Å². The van der Waals surface area contributed by atoms with E-state index in [0.29, 0.717) is 37.7 Å². The molecule has 1 fully saturated rings. The van der Waals surface area contributed by atoms with Gasteiger partial charge >= 0.3 is 0 Å². The Morgan fingerprint density at radius 2 is 1.76 bits per heavy atom. The van der Waals surface area contributed by atoms with Crippen molar-refractivity contribution < 1.29 is 18.5 Å². The van der Waals surface area contributed by atoms with E-state index in [1.54, 1.807) is 28.0 Å². The summed E-state index contributed by atoms with van der Waals surface area (Å²) in [5, 5.41) is 5.72. The minimum absolute atomic E-state index is 0.0173. The van der Waals surface area contributed by atoms with E-state index in [9.17, 15) is 9.59 Å². The van der Waals surface area contributed by atoms with Gasteiger partial charge in [-0.25, -0.2) is 0 Å². The van der Waals surface area contributed by atoms with Crippen LogP contribution in [0.25, 0.3) is 11.5 Å². The van der Waals surface area contributed by atoms with E-state index in [4.69, 9.17) is 8.94 Å². The largest absolute Gasteiger partial charge is 0.461 e. The van der Waals surface area contributed by atoms with Gasteiger partial charge in [0.25, 0.3) is 11.8 Å². The van der Waals surface area contributed by atoms with Gasteiger partial charge in [0, 0.05) is 32.2 Å². The van der Waals surface area contributed by atoms with Crippen molar-refractivity contribution >= 4 is 23.2 Å². The van der Waals surface area contributed by atoms with Crippen LogP contribution in [0.2, 0.25) is 0 Å². The number of aromatic nitrogens is 1. The van der Waals surface area contributed by atoms with Crippen LogP contribution in [0, 0.1) is 0 Å². The molecule has 4 rings (SSSR count). The van der Waals surface area contributed by atoms with E-state index in [1.165, 1.54) is 17.6 Å². The third-order valence-electron chi connectivity index (χ3n) is 4.08. The van der Waals surface area contributed by atoms with E-state index in [2.05, 4.69) is 5.16 Å². The van der Waals surface area contributed by atoms with Gasteiger partial charge in [-0.1, -0.05) is 11.2 Å². The summed E-state index contributed by atoms with van der Waals surface area (Å²) in [6.07, 6.45) is 1.53. The standard InChI is InChI=1S/C17H15N3O4S/c21-16(12-11-14(24-18-12)13-3-1-9-23-13)19-5-7-20(8-6-19)17(22)15-4-2-10-25-15/h1-4,9-11H,5-8H2. The molecule has 4 heterocycles. The maximum Gasteiger partial charge on any atom is 0.276 e. The van der Waals surface area contributed by atoms with E-state index in [1.807, 2.05) is 17.5 Å². The SMILES string of the molecule is O=C(c1cc(-c2ccco2)on1)N1CCN(C(=O)c2cccs2)CC1. The number of carbonyl (C=O) groups excluding carboxylic acids is 2. The third kappa shape index (κ3) is 3.08. The second-order valence-electron chi connectivity index (χ2n) is 5.62. The number of rotatable bonds is 3. The Morgan fingerprint density at radius 1 is 1.00 bits per heavy atom. The smallest absolute Gasteiger partial charge is 0.276 e. The molecular formula is C17H15N3O4S. The molecule has 0 bridgehead atoms. The number of amides is 2. The lowest BCUT2D eigenvalue weighted by atomic mass is 10.2. The lowest BCUT2D eigenvalue weighted by Gasteiger charge is -2.34. The average Bonchev–Trinajstić information content (AvgIpc) is 3.42. The van der Waals surface area contributed by atoms with Gasteiger partial charge in [-0.15, -0.1) is 11.3 Å². The Hall–Kier alpha value is -2.87. The van der Waals surface area contributed by atoms with Crippen LogP contribution in [0.4, 0.5) is 0 Å². The minimum Gasteiger partial charge on any atom is -0.461 e. The van der Waals surface area contributed by atoms with Crippen LogP contribution < -0.4 is 0 Å². The van der Waals surface area contributed by atoms with Crippen LogP contribution in [0.15, 0.2) is 50.9 Å². The van der Waals surface area contributed by atoms with Crippen molar-refractivity contribution in [3.8, 4) is 11.5 Å². The van der Waals surface area contributed by atoms with Gasteiger partial charge < -0.3 is 18.7 Å². The molecule has 7 nitrogen and oxygen atoms in total. The Kier molecular flexibility index (Phi) is 4.10. The van der Waals surface area contributed by atoms with Gasteiger partial charge in [0.2, 0.25) is 5.76 Å². The number of nitrogens with zero attached hydrogens (tertiary/aromatic N) is 3. The minimum atomic E-state index is -0.204. The highest BCUT2D eigenvalue weighted by molar-refractivity contribution is 7.12. The highest BCUT2D eigenvalue weighted by Crippen LogP contribution is 2.21. The predicted molar refractivity (Wildman–Crippen MR) is 90.3 cm³/mol. The Morgan fingerprint density at radius 3 is 2.40 bits per heavy atom. The number of piperazine rings is 1.